The van der Waals surface area contributed by atoms with Crippen molar-refractivity contribution in [1.29, 1.82) is 5.26 Å². The zero-order valence-corrected chi connectivity index (χ0v) is 10.5. The first-order valence-corrected chi connectivity index (χ1v) is 5.78. The average molecular weight is 276 g/mol. The molecule has 0 aliphatic carbocycles. The highest BCUT2D eigenvalue weighted by Crippen LogP contribution is 2.24. The van der Waals surface area contributed by atoms with E-state index in [-0.39, 0.29) is 23.1 Å². The lowest BCUT2D eigenvalue weighted by Crippen LogP contribution is -2.04. The molecule has 0 atom stereocenters. The van der Waals surface area contributed by atoms with E-state index in [1.54, 1.807) is 6.07 Å². The Kier molecular flexibility index (Phi) is 4.05. The van der Waals surface area contributed by atoms with E-state index in [4.69, 9.17) is 10.00 Å². The molecule has 0 fully saturated rings. The second-order valence-electron chi connectivity index (χ2n) is 3.73. The number of nitrogens with zero attached hydrogens (tertiary/aromatic N) is 3. The topological polar surface area (TPSA) is 70.8 Å². The van der Waals surface area contributed by atoms with Gasteiger partial charge in [0.2, 0.25) is 11.8 Å². The Bertz CT molecular complexity index is 670. The molecule has 0 amide bonds. The van der Waals surface area contributed by atoms with Crippen LogP contribution in [0.4, 0.5) is 14.7 Å². The van der Waals surface area contributed by atoms with E-state index in [0.717, 1.165) is 12.3 Å². The molecule has 20 heavy (non-hydrogen) atoms. The van der Waals surface area contributed by atoms with Crippen molar-refractivity contribution in [2.75, 3.05) is 11.9 Å². The second-order valence-corrected chi connectivity index (χ2v) is 3.73. The van der Waals surface area contributed by atoms with Crippen LogP contribution in [0.1, 0.15) is 12.5 Å². The minimum atomic E-state index is -0.767. The predicted octanol–water partition coefficient (Wildman–Crippen LogP) is 2.85. The molecule has 0 aliphatic rings. The SMILES string of the molecule is CCNc1ncc(F)c(Oc2ccc(C#N)c(F)c2)n1. The van der Waals surface area contributed by atoms with E-state index in [0.29, 0.717) is 6.54 Å². The minimum Gasteiger partial charge on any atom is -0.436 e. The van der Waals surface area contributed by atoms with E-state index < -0.39 is 11.6 Å². The lowest BCUT2D eigenvalue weighted by Gasteiger charge is -2.08. The lowest BCUT2D eigenvalue weighted by atomic mass is 10.2. The largest absolute Gasteiger partial charge is 0.436 e. The summed E-state index contributed by atoms with van der Waals surface area (Å²) in [6, 6.07) is 5.28. The van der Waals surface area contributed by atoms with Gasteiger partial charge in [0.1, 0.15) is 17.6 Å². The van der Waals surface area contributed by atoms with Crippen molar-refractivity contribution in [1.82, 2.24) is 9.97 Å². The summed E-state index contributed by atoms with van der Waals surface area (Å²) in [4.78, 5) is 7.54. The number of benzene rings is 1. The van der Waals surface area contributed by atoms with Gasteiger partial charge >= 0.3 is 0 Å². The van der Waals surface area contributed by atoms with Crippen LogP contribution in [-0.2, 0) is 0 Å². The maximum absolute atomic E-state index is 13.5. The lowest BCUT2D eigenvalue weighted by molar-refractivity contribution is 0.417. The first-order chi connectivity index (χ1) is 9.63. The van der Waals surface area contributed by atoms with Gasteiger partial charge in [-0.15, -0.1) is 0 Å². The number of aromatic nitrogens is 2. The van der Waals surface area contributed by atoms with E-state index in [2.05, 4.69) is 15.3 Å². The van der Waals surface area contributed by atoms with E-state index in [1.807, 2.05) is 6.92 Å². The van der Waals surface area contributed by atoms with Gasteiger partial charge in [-0.05, 0) is 19.1 Å². The fraction of sp³-hybridized carbons (Fsp3) is 0.154. The molecule has 102 valence electrons. The average Bonchev–Trinajstić information content (AvgIpc) is 2.43. The smallest absolute Gasteiger partial charge is 0.260 e. The standard InChI is InChI=1S/C13H10F2N4O/c1-2-17-13-18-7-11(15)12(19-13)20-9-4-3-8(6-16)10(14)5-9/h3-5,7H,2H2,1H3,(H,17,18,19). The fourth-order valence-electron chi connectivity index (χ4n) is 1.43. The third kappa shape index (κ3) is 2.98. The van der Waals surface area contributed by atoms with Crippen molar-refractivity contribution in [3.63, 3.8) is 0 Å². The maximum Gasteiger partial charge on any atom is 0.260 e. The molecular formula is C13H10F2N4O. The van der Waals surface area contributed by atoms with Crippen LogP contribution in [0.15, 0.2) is 24.4 Å². The zero-order valence-electron chi connectivity index (χ0n) is 10.5. The van der Waals surface area contributed by atoms with Gasteiger partial charge in [0.15, 0.2) is 0 Å². The molecule has 0 spiro atoms. The highest BCUT2D eigenvalue weighted by molar-refractivity contribution is 5.38. The molecule has 1 heterocycles. The van der Waals surface area contributed by atoms with Crippen LogP contribution >= 0.6 is 0 Å². The summed E-state index contributed by atoms with van der Waals surface area (Å²) in [7, 11) is 0. The van der Waals surface area contributed by atoms with Crippen LogP contribution in [0.2, 0.25) is 0 Å². The summed E-state index contributed by atoms with van der Waals surface area (Å²) in [6.45, 7) is 2.40. The Labute approximate surface area is 113 Å². The van der Waals surface area contributed by atoms with Crippen molar-refractivity contribution in [2.45, 2.75) is 6.92 Å². The van der Waals surface area contributed by atoms with E-state index in [9.17, 15) is 8.78 Å². The minimum absolute atomic E-state index is 0.0431. The summed E-state index contributed by atoms with van der Waals surface area (Å²) < 4.78 is 32.1. The second kappa shape index (κ2) is 5.93. The molecule has 7 heteroatoms. The molecule has 0 aliphatic heterocycles. The number of rotatable bonds is 4. The summed E-state index contributed by atoms with van der Waals surface area (Å²) in [6.07, 6.45) is 0.959. The maximum atomic E-state index is 13.5. The molecule has 1 aromatic carbocycles. The molecule has 5 nitrogen and oxygen atoms in total. The Morgan fingerprint density at radius 3 is 2.80 bits per heavy atom. The monoisotopic (exact) mass is 276 g/mol. The van der Waals surface area contributed by atoms with Crippen molar-refractivity contribution in [2.24, 2.45) is 0 Å². The van der Waals surface area contributed by atoms with Gasteiger partial charge in [-0.1, -0.05) is 0 Å². The first kappa shape index (κ1) is 13.7. The van der Waals surface area contributed by atoms with Gasteiger partial charge in [-0.2, -0.15) is 14.6 Å². The third-order valence-electron chi connectivity index (χ3n) is 2.32. The van der Waals surface area contributed by atoms with Crippen molar-refractivity contribution in [3.05, 3.63) is 41.6 Å². The quantitative estimate of drug-likeness (QED) is 0.929. The molecular weight excluding hydrogens is 266 g/mol. The molecule has 0 saturated carbocycles. The predicted molar refractivity (Wildman–Crippen MR) is 67.3 cm³/mol. The number of halogens is 2. The van der Waals surface area contributed by atoms with Gasteiger partial charge in [-0.25, -0.2) is 9.37 Å². The molecule has 0 unspecified atom stereocenters. The third-order valence-corrected chi connectivity index (χ3v) is 2.32. The number of hydrogen-bond acceptors (Lipinski definition) is 5. The summed E-state index contributed by atoms with van der Waals surface area (Å²) >= 11 is 0. The Hall–Kier alpha value is -2.75. The molecule has 0 radical (unpaired) electrons. The first-order valence-electron chi connectivity index (χ1n) is 5.78. The molecule has 0 saturated heterocycles. The van der Waals surface area contributed by atoms with Crippen LogP contribution in [0.3, 0.4) is 0 Å². The van der Waals surface area contributed by atoms with E-state index >= 15 is 0 Å². The van der Waals surface area contributed by atoms with Gasteiger partial charge in [-0.3, -0.25) is 0 Å². The molecule has 0 bridgehead atoms. The van der Waals surface area contributed by atoms with Gasteiger partial charge in [0.25, 0.3) is 5.88 Å². The Morgan fingerprint density at radius 2 is 2.15 bits per heavy atom. The zero-order chi connectivity index (χ0) is 14.5. The Morgan fingerprint density at radius 1 is 1.35 bits per heavy atom. The van der Waals surface area contributed by atoms with Crippen LogP contribution in [0, 0.1) is 23.0 Å². The van der Waals surface area contributed by atoms with Gasteiger partial charge in [0, 0.05) is 12.6 Å². The number of nitriles is 1. The van der Waals surface area contributed by atoms with Crippen molar-refractivity contribution in [3.8, 4) is 17.7 Å². The molecule has 2 aromatic rings. The fourth-order valence-corrected chi connectivity index (χ4v) is 1.43. The number of ether oxygens (including phenoxy) is 1. The highest BCUT2D eigenvalue weighted by Gasteiger charge is 2.11. The summed E-state index contributed by atoms with van der Waals surface area (Å²) in [5.41, 5.74) is -0.117. The summed E-state index contributed by atoms with van der Waals surface area (Å²) in [5, 5.41) is 11.4. The highest BCUT2D eigenvalue weighted by atomic mass is 19.1. The number of nitrogens with one attached hydrogen (secondary N) is 1. The molecule has 1 aromatic heterocycles. The number of hydrogen-bond donors (Lipinski definition) is 1. The van der Waals surface area contributed by atoms with Crippen LogP contribution in [0.5, 0.6) is 11.6 Å². The van der Waals surface area contributed by atoms with Crippen LogP contribution in [-0.4, -0.2) is 16.5 Å². The number of anilines is 1. The molecule has 2 rings (SSSR count). The van der Waals surface area contributed by atoms with Crippen LogP contribution < -0.4 is 10.1 Å². The van der Waals surface area contributed by atoms with Crippen molar-refractivity contribution < 1.29 is 13.5 Å². The van der Waals surface area contributed by atoms with Gasteiger partial charge < -0.3 is 10.1 Å². The normalized spacial score (nSPS) is 9.90. The van der Waals surface area contributed by atoms with E-state index in [1.165, 1.54) is 12.1 Å². The Balaban J connectivity index is 2.27. The van der Waals surface area contributed by atoms with Gasteiger partial charge in [0.05, 0.1) is 11.8 Å². The van der Waals surface area contributed by atoms with Crippen LogP contribution in [0.25, 0.3) is 0 Å². The van der Waals surface area contributed by atoms with Crippen molar-refractivity contribution >= 4 is 5.95 Å². The molecule has 1 N–H and O–H groups in total. The summed E-state index contributed by atoms with van der Waals surface area (Å²) in [5.74, 6) is -1.58.